The zero-order chi connectivity index (χ0) is 25.0. The Bertz CT molecular complexity index is 1170. The van der Waals surface area contributed by atoms with Crippen molar-refractivity contribution in [3.63, 3.8) is 0 Å². The maximum Gasteiger partial charge on any atom is 0.254 e. The molecule has 0 radical (unpaired) electrons. The van der Waals surface area contributed by atoms with E-state index in [1.165, 1.54) is 6.92 Å². The number of aromatic amines is 1. The van der Waals surface area contributed by atoms with Gasteiger partial charge in [0.1, 0.15) is 17.7 Å². The van der Waals surface area contributed by atoms with E-state index in [4.69, 9.17) is 4.74 Å². The number of benzene rings is 2. The fraction of sp³-hybridized carbons (Fsp3) is 0.320. The molecule has 1 aliphatic heterocycles. The Labute approximate surface area is 200 Å². The maximum atomic E-state index is 13.4. The fourth-order valence-corrected chi connectivity index (χ4v) is 4.30. The van der Waals surface area contributed by atoms with Crippen molar-refractivity contribution in [3.8, 4) is 0 Å². The molecular weight excluding hydrogens is 458 g/mol. The van der Waals surface area contributed by atoms with Gasteiger partial charge in [-0.15, -0.1) is 0 Å². The number of carbonyl (C=O) groups excluding carboxylic acids is 2. The normalized spacial score (nSPS) is 16.8. The van der Waals surface area contributed by atoms with Crippen molar-refractivity contribution in [2.45, 2.75) is 37.3 Å². The van der Waals surface area contributed by atoms with Gasteiger partial charge >= 0.3 is 0 Å². The SMILES string of the molecule is CC(NC(=O)C(O)c1cc(F)cc(F)c1)C(=O)Nc1cc(C2(c3ccccc3)CCOCC2)[nH]n1. The van der Waals surface area contributed by atoms with E-state index >= 15 is 0 Å². The largest absolute Gasteiger partial charge is 0.381 e. The molecule has 10 heteroatoms. The number of nitrogens with one attached hydrogen (secondary N) is 3. The summed E-state index contributed by atoms with van der Waals surface area (Å²) >= 11 is 0. The molecule has 3 aromatic rings. The number of aromatic nitrogens is 2. The molecule has 0 aliphatic carbocycles. The minimum atomic E-state index is -1.84. The van der Waals surface area contributed by atoms with Crippen LogP contribution < -0.4 is 10.6 Å². The van der Waals surface area contributed by atoms with E-state index in [9.17, 15) is 23.5 Å². The second kappa shape index (κ2) is 10.3. The van der Waals surface area contributed by atoms with E-state index in [2.05, 4.69) is 33.0 Å². The van der Waals surface area contributed by atoms with Gasteiger partial charge in [-0.1, -0.05) is 30.3 Å². The molecule has 0 bridgehead atoms. The molecule has 1 fully saturated rings. The number of rotatable bonds is 7. The Morgan fingerprint density at radius 1 is 1.06 bits per heavy atom. The van der Waals surface area contributed by atoms with Crippen LogP contribution in [0.3, 0.4) is 0 Å². The summed E-state index contributed by atoms with van der Waals surface area (Å²) in [5, 5.41) is 22.4. The Morgan fingerprint density at radius 3 is 2.37 bits per heavy atom. The zero-order valence-electron chi connectivity index (χ0n) is 19.1. The summed E-state index contributed by atoms with van der Waals surface area (Å²) in [6.07, 6.45) is -0.346. The Hall–Kier alpha value is -3.63. The third kappa shape index (κ3) is 5.39. The first-order valence-corrected chi connectivity index (χ1v) is 11.2. The van der Waals surface area contributed by atoms with Crippen molar-refractivity contribution in [3.05, 3.63) is 83.1 Å². The topological polar surface area (TPSA) is 116 Å². The first kappa shape index (κ1) is 24.5. The average molecular weight is 485 g/mol. The van der Waals surface area contributed by atoms with Crippen molar-refractivity contribution in [1.29, 1.82) is 0 Å². The van der Waals surface area contributed by atoms with Gasteiger partial charge in [-0.05, 0) is 43.0 Å². The number of nitrogens with zero attached hydrogens (tertiary/aromatic N) is 1. The molecule has 184 valence electrons. The highest BCUT2D eigenvalue weighted by atomic mass is 19.1. The lowest BCUT2D eigenvalue weighted by Gasteiger charge is -2.36. The van der Waals surface area contributed by atoms with Crippen LogP contribution in [-0.2, 0) is 19.7 Å². The van der Waals surface area contributed by atoms with Crippen LogP contribution in [0.15, 0.2) is 54.6 Å². The first-order valence-electron chi connectivity index (χ1n) is 11.2. The summed E-state index contributed by atoms with van der Waals surface area (Å²) in [6, 6.07) is 13.0. The van der Waals surface area contributed by atoms with Gasteiger partial charge in [0.25, 0.3) is 5.91 Å². The number of H-pyrrole nitrogens is 1. The van der Waals surface area contributed by atoms with Gasteiger partial charge in [-0.25, -0.2) is 8.78 Å². The summed E-state index contributed by atoms with van der Waals surface area (Å²) in [5.74, 6) is -3.12. The molecule has 2 amide bonds. The Kier molecular flexibility index (Phi) is 7.23. The van der Waals surface area contributed by atoms with Crippen LogP contribution in [0.5, 0.6) is 0 Å². The number of aliphatic hydroxyl groups excluding tert-OH is 1. The number of anilines is 1. The number of hydrogen-bond acceptors (Lipinski definition) is 5. The Morgan fingerprint density at radius 2 is 1.71 bits per heavy atom. The van der Waals surface area contributed by atoms with Crippen LogP contribution in [0.4, 0.5) is 14.6 Å². The molecule has 35 heavy (non-hydrogen) atoms. The van der Waals surface area contributed by atoms with Crippen LogP contribution in [0, 0.1) is 11.6 Å². The monoisotopic (exact) mass is 484 g/mol. The van der Waals surface area contributed by atoms with Gasteiger partial charge in [-0.2, -0.15) is 5.10 Å². The third-order valence-electron chi connectivity index (χ3n) is 6.22. The lowest BCUT2D eigenvalue weighted by atomic mass is 9.72. The van der Waals surface area contributed by atoms with Gasteiger partial charge < -0.3 is 20.5 Å². The number of aliphatic hydroxyl groups is 1. The highest BCUT2D eigenvalue weighted by Crippen LogP contribution is 2.40. The van der Waals surface area contributed by atoms with Gasteiger partial charge in [0.05, 0.1) is 0 Å². The predicted octanol–water partition coefficient (Wildman–Crippen LogP) is 2.96. The quantitative estimate of drug-likeness (QED) is 0.412. The van der Waals surface area contributed by atoms with E-state index in [0.717, 1.165) is 36.2 Å². The van der Waals surface area contributed by atoms with Crippen LogP contribution in [0.1, 0.15) is 42.7 Å². The molecule has 1 aliphatic rings. The number of ether oxygens (including phenoxy) is 1. The second-order valence-corrected chi connectivity index (χ2v) is 8.55. The van der Waals surface area contributed by atoms with E-state index in [0.29, 0.717) is 19.3 Å². The summed E-state index contributed by atoms with van der Waals surface area (Å²) in [4.78, 5) is 25.0. The molecule has 8 nitrogen and oxygen atoms in total. The summed E-state index contributed by atoms with van der Waals surface area (Å²) in [5.41, 5.74) is 1.36. The number of halogens is 2. The molecule has 2 unspecified atom stereocenters. The van der Waals surface area contributed by atoms with Crippen LogP contribution >= 0.6 is 0 Å². The Balaban J connectivity index is 1.43. The molecule has 1 aromatic heterocycles. The zero-order valence-corrected chi connectivity index (χ0v) is 19.1. The number of carbonyl (C=O) groups is 2. The van der Waals surface area contributed by atoms with Crippen LogP contribution in [0.2, 0.25) is 0 Å². The highest BCUT2D eigenvalue weighted by Gasteiger charge is 2.38. The lowest BCUT2D eigenvalue weighted by Crippen LogP contribution is -2.43. The van der Waals surface area contributed by atoms with Crippen molar-refractivity contribution in [1.82, 2.24) is 15.5 Å². The van der Waals surface area contributed by atoms with Crippen molar-refractivity contribution in [2.75, 3.05) is 18.5 Å². The van der Waals surface area contributed by atoms with E-state index < -0.39 is 35.6 Å². The van der Waals surface area contributed by atoms with Crippen LogP contribution in [-0.4, -0.2) is 46.4 Å². The minimum Gasteiger partial charge on any atom is -0.381 e. The van der Waals surface area contributed by atoms with Crippen molar-refractivity contribution in [2.24, 2.45) is 0 Å². The van der Waals surface area contributed by atoms with Crippen molar-refractivity contribution >= 4 is 17.6 Å². The predicted molar refractivity (Wildman–Crippen MR) is 123 cm³/mol. The van der Waals surface area contributed by atoms with E-state index in [1.54, 1.807) is 6.07 Å². The van der Waals surface area contributed by atoms with Gasteiger partial charge in [0.2, 0.25) is 5.91 Å². The van der Waals surface area contributed by atoms with E-state index in [-0.39, 0.29) is 16.8 Å². The van der Waals surface area contributed by atoms with E-state index in [1.807, 2.05) is 18.2 Å². The standard InChI is InChI=1S/C25H26F2N4O4/c1-15(28-24(34)22(32)16-11-18(26)13-19(27)12-16)23(33)29-21-14-20(30-31-21)25(7-9-35-10-8-25)17-5-3-2-4-6-17/h2-6,11-15,22,32H,7-10H2,1H3,(H,28,34)(H2,29,30,31,33). The van der Waals surface area contributed by atoms with Gasteiger partial charge in [0, 0.05) is 36.5 Å². The molecule has 0 saturated carbocycles. The van der Waals surface area contributed by atoms with Crippen LogP contribution in [0.25, 0.3) is 0 Å². The number of amides is 2. The summed E-state index contributed by atoms with van der Waals surface area (Å²) in [7, 11) is 0. The molecule has 4 N–H and O–H groups in total. The summed E-state index contributed by atoms with van der Waals surface area (Å²) < 4.78 is 32.4. The molecule has 1 saturated heterocycles. The third-order valence-corrected chi connectivity index (χ3v) is 6.22. The van der Waals surface area contributed by atoms with Crippen molar-refractivity contribution < 1.29 is 28.2 Å². The highest BCUT2D eigenvalue weighted by molar-refractivity contribution is 5.97. The summed E-state index contributed by atoms with van der Waals surface area (Å²) in [6.45, 7) is 2.61. The smallest absolute Gasteiger partial charge is 0.254 e. The average Bonchev–Trinajstić information content (AvgIpc) is 3.33. The number of hydrogen-bond donors (Lipinski definition) is 4. The molecule has 2 heterocycles. The minimum absolute atomic E-state index is 0.257. The first-order chi connectivity index (χ1) is 16.8. The fourth-order valence-electron chi connectivity index (χ4n) is 4.30. The molecular formula is C25H26F2N4O4. The second-order valence-electron chi connectivity index (χ2n) is 8.55. The maximum absolute atomic E-state index is 13.4. The molecule has 2 atom stereocenters. The molecule has 2 aromatic carbocycles. The van der Waals surface area contributed by atoms with Gasteiger partial charge in [0.15, 0.2) is 11.9 Å². The molecule has 0 spiro atoms. The van der Waals surface area contributed by atoms with Gasteiger partial charge in [-0.3, -0.25) is 14.7 Å². The molecule has 4 rings (SSSR count). The lowest BCUT2D eigenvalue weighted by molar-refractivity contribution is -0.132.